The second-order valence-electron chi connectivity index (χ2n) is 26.1. The summed E-state index contributed by atoms with van der Waals surface area (Å²) in [6.45, 7) is 1.90. The highest BCUT2D eigenvalue weighted by Gasteiger charge is 2.51. The summed E-state index contributed by atoms with van der Waals surface area (Å²) in [5.41, 5.74) is 23.3. The Morgan fingerprint density at radius 1 is 0.593 bits per heavy atom. The SMILES string of the molecule is C[C@@H]1NC(=O)[C@H](CC(N)=O)NC(=O)[C@H](Cc2c[nH]c3ccccc23)NC(=O)[C@H](CCCNC(=N)N)NC(=O)[C@@H](Cc2ccccc2)NC(=O)[C@H](Cc2cnc[nH]2)NC(=O)[C@@H](NC(=O)[C@@H](N)Cc2ccc(O)cc2)CC(=O)N([C@@H](Cc2ccc(O)cc2)C(N)=O)C(C)(C(=O)O)NC(=O)[C@@H](Cc2ccccc2)NC1=O. The molecule has 7 aromatic rings. The number of aromatic hydroxyl groups is 2. The monoisotopic (exact) mass is 1490 g/mol. The number of nitrogens with two attached hydrogens (primary N) is 4. The zero-order chi connectivity index (χ0) is 78.4. The molecule has 12 amide bonds. The Labute approximate surface area is 618 Å². The number of phenols is 2. The lowest BCUT2D eigenvalue weighted by atomic mass is 9.97. The highest BCUT2D eigenvalue weighted by atomic mass is 16.4. The summed E-state index contributed by atoms with van der Waals surface area (Å²) in [6.07, 6.45) is -0.965. The van der Waals surface area contributed by atoms with E-state index in [9.17, 15) is 48.9 Å². The van der Waals surface area contributed by atoms with Gasteiger partial charge in [-0.15, -0.1) is 0 Å². The second kappa shape index (κ2) is 37.5. The zero-order valence-corrected chi connectivity index (χ0v) is 58.8. The van der Waals surface area contributed by atoms with Crippen molar-refractivity contribution >= 4 is 93.7 Å². The molecule has 0 radical (unpaired) electrons. The summed E-state index contributed by atoms with van der Waals surface area (Å²) in [7, 11) is 0. The maximum Gasteiger partial charge on any atom is 0.350 e. The van der Waals surface area contributed by atoms with Crippen LogP contribution in [-0.2, 0) is 101 Å². The topological polar surface area (TPSA) is 579 Å². The number of aromatic nitrogens is 3. The average molecular weight is 1490 g/mol. The van der Waals surface area contributed by atoms with E-state index in [1.807, 2.05) is 0 Å². The van der Waals surface area contributed by atoms with Gasteiger partial charge in [0.15, 0.2) is 5.96 Å². The van der Waals surface area contributed by atoms with Crippen molar-refractivity contribution in [1.29, 1.82) is 5.41 Å². The van der Waals surface area contributed by atoms with Crippen LogP contribution in [0.3, 0.4) is 0 Å². The van der Waals surface area contributed by atoms with Crippen LogP contribution < -0.4 is 76.1 Å². The quantitative estimate of drug-likeness (QED) is 0.0178. The molecule has 2 aromatic heterocycles. The van der Waals surface area contributed by atoms with Crippen LogP contribution >= 0.6 is 0 Å². The second-order valence-corrected chi connectivity index (χ2v) is 26.1. The molecule has 1 saturated heterocycles. The third kappa shape index (κ3) is 22.6. The average Bonchev–Trinajstić information content (AvgIpc) is 1.02. The Kier molecular flexibility index (Phi) is 27.9. The number of amides is 12. The van der Waals surface area contributed by atoms with Gasteiger partial charge in [-0.2, -0.15) is 0 Å². The molecule has 1 aliphatic heterocycles. The van der Waals surface area contributed by atoms with Gasteiger partial charge in [0.25, 0.3) is 0 Å². The first-order valence-corrected chi connectivity index (χ1v) is 34.3. The van der Waals surface area contributed by atoms with Crippen molar-refractivity contribution in [2.24, 2.45) is 22.9 Å². The van der Waals surface area contributed by atoms with Crippen LogP contribution in [0.5, 0.6) is 11.5 Å². The molecular weight excluding hydrogens is 1400 g/mol. The first-order valence-electron chi connectivity index (χ1n) is 34.3. The number of carboxylic acid groups (broad SMARTS) is 1. The maximum atomic E-state index is 15.9. The van der Waals surface area contributed by atoms with E-state index in [4.69, 9.17) is 28.3 Å². The van der Waals surface area contributed by atoms with Gasteiger partial charge in [0.2, 0.25) is 76.5 Å². The van der Waals surface area contributed by atoms with Gasteiger partial charge < -0.3 is 101 Å². The van der Waals surface area contributed by atoms with Gasteiger partial charge in [0.1, 0.15) is 65.9 Å². The third-order valence-corrected chi connectivity index (χ3v) is 17.9. The van der Waals surface area contributed by atoms with Crippen molar-refractivity contribution in [2.75, 3.05) is 6.54 Å². The normalized spacial score (nSPS) is 21.8. The van der Waals surface area contributed by atoms with Crippen molar-refractivity contribution < 1.29 is 77.6 Å². The number of hydrogen-bond donors (Lipinski definition) is 20. The standard InChI is InChI=1S/C73H87N19O16/c1-39-62(98)85-53(30-41-14-7-4-8-15-41)70(106)91-73(2,71(107)108)92(58(61(76)97)31-43-21-25-47(94)26-22-43)60(96)35-57(86-63(99)49(74)28-42-19-23-46(93)24-20-42)69(105)89-55(33-45-37-79-38-82-45)68(104)87-52(29-40-12-5-3-6-13-40)66(102)84-51(18-11-27-80-72(77)78)64(100)88-54(32-44-36-81-50-17-10-9-16-48(44)50)67(103)90-56(34-59(75)95)65(101)83-39/h3-10,12-17,19-26,36-39,49,51-58,81,93-94H,11,18,27-35,74H2,1-2H3,(H2,75,95)(H2,76,97)(H,79,82)(H,83,101)(H,84,102)(H,85,98)(H,86,99)(H,87,104)(H,88,100)(H,89,105)(H,90,103)(H,91,106)(H,107,108)(H4,77,78,80)/t39-,49-,51-,52+,53+,54-,55-,56-,57-,58-,73?/m0/s1. The molecule has 3 heterocycles. The molecular formula is C73H87N19O16. The van der Waals surface area contributed by atoms with Gasteiger partial charge in [-0.1, -0.05) is 103 Å². The van der Waals surface area contributed by atoms with E-state index in [2.05, 4.69) is 68.1 Å². The van der Waals surface area contributed by atoms with Crippen molar-refractivity contribution in [2.45, 2.75) is 144 Å². The van der Waals surface area contributed by atoms with Crippen LogP contribution in [0.1, 0.15) is 73.0 Å². The molecule has 1 fully saturated rings. The van der Waals surface area contributed by atoms with Gasteiger partial charge in [-0.05, 0) is 91.3 Å². The number of aromatic amines is 2. The number of hydrogen-bond acceptors (Lipinski definition) is 18. The molecule has 1 unspecified atom stereocenters. The summed E-state index contributed by atoms with van der Waals surface area (Å²) >= 11 is 0. The fourth-order valence-electron chi connectivity index (χ4n) is 12.1. The Morgan fingerprint density at radius 3 is 1.65 bits per heavy atom. The summed E-state index contributed by atoms with van der Waals surface area (Å²) in [5, 5.41) is 65.5. The number of primary amides is 2. The molecule has 570 valence electrons. The smallest absolute Gasteiger partial charge is 0.350 e. The van der Waals surface area contributed by atoms with Crippen LogP contribution in [0, 0.1) is 5.41 Å². The van der Waals surface area contributed by atoms with E-state index in [-0.39, 0.29) is 61.4 Å². The molecule has 5 aromatic carbocycles. The van der Waals surface area contributed by atoms with E-state index in [0.717, 1.165) is 13.8 Å². The Hall–Kier alpha value is -13.2. The lowest BCUT2D eigenvalue weighted by molar-refractivity contribution is -0.168. The summed E-state index contributed by atoms with van der Waals surface area (Å²) in [6, 6.07) is 15.2. The first kappa shape index (κ1) is 80.5. The summed E-state index contributed by atoms with van der Waals surface area (Å²) in [4.78, 5) is 203. The number of H-pyrrole nitrogens is 2. The van der Waals surface area contributed by atoms with Crippen molar-refractivity contribution in [3.8, 4) is 11.5 Å². The summed E-state index contributed by atoms with van der Waals surface area (Å²) in [5.74, 6) is -17.5. The summed E-state index contributed by atoms with van der Waals surface area (Å²) < 4.78 is 0. The number of para-hydroxylation sites is 1. The predicted molar refractivity (Wildman–Crippen MR) is 389 cm³/mol. The van der Waals surface area contributed by atoms with Crippen LogP contribution in [0.2, 0.25) is 0 Å². The molecule has 0 spiro atoms. The number of phenolic OH excluding ortho intramolecular Hbond substituents is 2. The molecule has 0 aliphatic carbocycles. The van der Waals surface area contributed by atoms with Gasteiger partial charge in [-0.25, -0.2) is 9.78 Å². The molecule has 8 rings (SSSR count). The molecule has 1 aliphatic rings. The number of benzene rings is 5. The number of aliphatic carboxylic acids is 1. The number of rotatable bonds is 23. The fourth-order valence-corrected chi connectivity index (χ4v) is 12.1. The van der Waals surface area contributed by atoms with Gasteiger partial charge in [-0.3, -0.25) is 67.8 Å². The number of guanidine groups is 1. The lowest BCUT2D eigenvalue weighted by Gasteiger charge is -2.43. The molecule has 24 N–H and O–H groups in total. The van der Waals surface area contributed by atoms with Gasteiger partial charge in [0, 0.05) is 67.6 Å². The van der Waals surface area contributed by atoms with Crippen molar-refractivity contribution in [1.82, 2.24) is 73.0 Å². The molecule has 11 atom stereocenters. The number of imidazole rings is 1. The fraction of sp³-hybridized carbons (Fsp3) is 0.329. The zero-order valence-electron chi connectivity index (χ0n) is 58.8. The highest BCUT2D eigenvalue weighted by Crippen LogP contribution is 2.26. The molecule has 35 heteroatoms. The van der Waals surface area contributed by atoms with E-state index in [1.165, 1.54) is 73.2 Å². The van der Waals surface area contributed by atoms with Crippen molar-refractivity contribution in [3.63, 3.8) is 0 Å². The van der Waals surface area contributed by atoms with E-state index < -0.39 is 181 Å². The van der Waals surface area contributed by atoms with Crippen LogP contribution in [-0.4, -0.2) is 191 Å². The Balaban J connectivity index is 1.30. The third-order valence-electron chi connectivity index (χ3n) is 17.9. The minimum Gasteiger partial charge on any atom is -0.508 e. The lowest BCUT2D eigenvalue weighted by Crippen LogP contribution is -2.72. The first-order chi connectivity index (χ1) is 51.4. The highest BCUT2D eigenvalue weighted by molar-refractivity contribution is 6.02. The van der Waals surface area contributed by atoms with Gasteiger partial charge in [0.05, 0.1) is 25.2 Å². The Morgan fingerprint density at radius 2 is 1.09 bits per heavy atom. The minimum absolute atomic E-state index is 0.00633. The number of carbonyl (C=O) groups excluding carboxylic acids is 12. The van der Waals surface area contributed by atoms with Crippen LogP contribution in [0.25, 0.3) is 10.9 Å². The van der Waals surface area contributed by atoms with E-state index in [0.29, 0.717) is 38.1 Å². The number of carbonyl (C=O) groups is 13. The molecule has 0 saturated carbocycles. The van der Waals surface area contributed by atoms with Gasteiger partial charge >= 0.3 is 5.97 Å². The number of fused-ring (bicyclic) bond motifs is 1. The molecule has 0 bridgehead atoms. The number of nitrogens with zero attached hydrogens (tertiary/aromatic N) is 2. The van der Waals surface area contributed by atoms with Crippen LogP contribution in [0.4, 0.5) is 0 Å². The van der Waals surface area contributed by atoms with E-state index >= 15 is 28.8 Å². The Bertz CT molecular complexity index is 4390. The largest absolute Gasteiger partial charge is 0.508 e. The molecule has 35 nitrogen and oxygen atoms in total. The maximum absolute atomic E-state index is 15.9. The van der Waals surface area contributed by atoms with Crippen molar-refractivity contribution in [3.05, 3.63) is 186 Å². The number of nitrogens with one attached hydrogen (secondary N) is 13. The molecule has 108 heavy (non-hydrogen) atoms. The minimum atomic E-state index is -3.19. The number of carboxylic acids is 1. The van der Waals surface area contributed by atoms with E-state index in [1.54, 1.807) is 79.0 Å². The van der Waals surface area contributed by atoms with Crippen LogP contribution in [0.15, 0.2) is 152 Å². The predicted octanol–water partition coefficient (Wildman–Crippen LogP) is -2.57.